The normalized spacial score (nSPS) is 15.1. The molecule has 0 fully saturated rings. The third-order valence-electron chi connectivity index (χ3n) is 6.04. The molecule has 4 atom stereocenters. The van der Waals surface area contributed by atoms with E-state index in [-0.39, 0.29) is 26.4 Å². The molecule has 0 aliphatic rings. The topological polar surface area (TPSA) is 268 Å². The molecule has 23 heteroatoms. The van der Waals surface area contributed by atoms with Gasteiger partial charge in [-0.2, -0.15) is 0 Å². The van der Waals surface area contributed by atoms with Crippen LogP contribution in [0.25, 0.3) is 0 Å². The van der Waals surface area contributed by atoms with Gasteiger partial charge in [-0.05, 0) is 6.92 Å². The molecule has 21 nitrogen and oxygen atoms in total. The third kappa shape index (κ3) is 14.6. The van der Waals surface area contributed by atoms with Crippen LogP contribution in [0.5, 0.6) is 0 Å². The Bertz CT molecular complexity index is 1210. The van der Waals surface area contributed by atoms with E-state index in [0.29, 0.717) is 4.57 Å². The van der Waals surface area contributed by atoms with Crippen molar-refractivity contribution in [2.24, 2.45) is 5.92 Å². The Morgan fingerprint density at radius 1 is 0.875 bits per heavy atom. The Hall–Kier alpha value is -3.02. The highest BCUT2D eigenvalue weighted by atomic mass is 31.2. The number of hydrogen-bond donors (Lipinski definition) is 4. The summed E-state index contributed by atoms with van der Waals surface area (Å²) in [5.74, 6) is -1.79. The number of alkyl halides is 1. The first-order chi connectivity index (χ1) is 22.7. The van der Waals surface area contributed by atoms with Gasteiger partial charge in [-0.25, -0.2) is 28.0 Å². The number of nitrogens with one attached hydrogen (secondary N) is 1. The van der Waals surface area contributed by atoms with Crippen molar-refractivity contribution in [1.29, 1.82) is 0 Å². The zero-order valence-electron chi connectivity index (χ0n) is 26.8. The van der Waals surface area contributed by atoms with E-state index in [1.165, 1.54) is 28.4 Å². The van der Waals surface area contributed by atoms with Gasteiger partial charge in [0, 0.05) is 46.6 Å². The van der Waals surface area contributed by atoms with Crippen LogP contribution in [-0.4, -0.2) is 143 Å². The van der Waals surface area contributed by atoms with E-state index >= 15 is 0 Å². The third-order valence-corrected chi connectivity index (χ3v) is 7.35. The fourth-order valence-electron chi connectivity index (χ4n) is 3.64. The highest BCUT2D eigenvalue weighted by Crippen LogP contribution is 2.50. The predicted octanol–water partition coefficient (Wildman–Crippen LogP) is -0.573. The van der Waals surface area contributed by atoms with Crippen molar-refractivity contribution in [3.63, 3.8) is 0 Å². The van der Waals surface area contributed by atoms with Crippen LogP contribution < -0.4 is 11.2 Å². The molecule has 278 valence electrons. The van der Waals surface area contributed by atoms with Gasteiger partial charge in [-0.3, -0.25) is 23.3 Å². The maximum atomic E-state index is 14.1. The fraction of sp³-hybridized carbons (Fsp3) is 0.760. The van der Waals surface area contributed by atoms with Crippen LogP contribution >= 0.6 is 7.82 Å². The van der Waals surface area contributed by atoms with E-state index in [4.69, 9.17) is 42.0 Å². The number of halogens is 1. The molecule has 1 aromatic heterocycles. The van der Waals surface area contributed by atoms with Crippen molar-refractivity contribution < 1.29 is 85.3 Å². The van der Waals surface area contributed by atoms with Crippen molar-refractivity contribution in [2.75, 3.05) is 81.7 Å². The summed E-state index contributed by atoms with van der Waals surface area (Å²) >= 11 is 0. The summed E-state index contributed by atoms with van der Waals surface area (Å²) in [7, 11) is 0.362. The number of phosphoric acid groups is 1. The number of aliphatic hydroxyl groups is 3. The summed E-state index contributed by atoms with van der Waals surface area (Å²) in [6.45, 7) is -4.30. The molecule has 0 aliphatic heterocycles. The van der Waals surface area contributed by atoms with Gasteiger partial charge < -0.3 is 53.2 Å². The van der Waals surface area contributed by atoms with Crippen LogP contribution in [0.15, 0.2) is 21.9 Å². The van der Waals surface area contributed by atoms with Gasteiger partial charge in [0.25, 0.3) is 5.56 Å². The smallest absolute Gasteiger partial charge is 0.426 e. The lowest BCUT2D eigenvalue weighted by molar-refractivity contribution is -0.184. The highest BCUT2D eigenvalue weighted by Gasteiger charge is 2.45. The summed E-state index contributed by atoms with van der Waals surface area (Å²) in [5.41, 5.74) is -4.67. The number of carbonyl (C=O) groups is 2. The minimum Gasteiger partial charge on any atom is -0.426 e. The molecule has 1 aromatic rings. The molecule has 0 amide bonds. The van der Waals surface area contributed by atoms with Crippen LogP contribution in [0.4, 0.5) is 14.0 Å². The number of phosphoric ester groups is 1. The van der Waals surface area contributed by atoms with E-state index in [1.54, 1.807) is 0 Å². The lowest BCUT2D eigenvalue weighted by Gasteiger charge is -2.37. The van der Waals surface area contributed by atoms with Gasteiger partial charge in [-0.15, -0.1) is 0 Å². The SMILES string of the molecule is COCC(COC)OC(=O)OCOP(=O)(OCOC(=O)OC(COC)COC)OC[C@H](CF)[C@@H](O)[C@@](C)(O)[C@@H](O)n1ccc(=O)[nH]c1=O. The molecule has 0 aromatic carbocycles. The number of ether oxygens (including phenoxy) is 8. The number of aromatic nitrogens is 2. The van der Waals surface area contributed by atoms with Crippen molar-refractivity contribution in [3.05, 3.63) is 33.1 Å². The van der Waals surface area contributed by atoms with Gasteiger partial charge in [0.15, 0.2) is 18.4 Å². The monoisotopic (exact) mass is 724 g/mol. The second-order valence-corrected chi connectivity index (χ2v) is 11.5. The quantitative estimate of drug-likeness (QED) is 0.0590. The van der Waals surface area contributed by atoms with Crippen molar-refractivity contribution in [1.82, 2.24) is 9.55 Å². The molecule has 0 saturated carbocycles. The van der Waals surface area contributed by atoms with E-state index < -0.39 is 94.3 Å². The minimum atomic E-state index is -4.99. The Labute approximate surface area is 273 Å². The molecular formula is C25H42FN2O19P. The standard InChI is InChI=1S/C25H42FN2O19P/c1-25(35,21(31)28-7-6-19(29)27-22(28)32)20(30)16(8-26)9-43-48(36,44-14-41-23(33)46-17(10-37-2)11-38-3)45-15-42-24(34)47-18(12-39-4)13-40-5/h6-7,16-18,20-21,30-31,35H,8-15H2,1-5H3,(H,27,29,32)/t16-,20+,21+,25+/m0/s1. The zero-order chi connectivity index (χ0) is 36.3. The first-order valence-electron chi connectivity index (χ1n) is 13.8. The molecule has 1 heterocycles. The van der Waals surface area contributed by atoms with E-state index in [2.05, 4.69) is 9.47 Å². The van der Waals surface area contributed by atoms with Crippen LogP contribution in [0, 0.1) is 5.92 Å². The summed E-state index contributed by atoms with van der Waals surface area (Å²) < 4.78 is 81.6. The first kappa shape index (κ1) is 43.0. The maximum absolute atomic E-state index is 14.1. The molecule has 4 N–H and O–H groups in total. The van der Waals surface area contributed by atoms with Gasteiger partial charge in [-0.1, -0.05) is 0 Å². The predicted molar refractivity (Wildman–Crippen MR) is 154 cm³/mol. The Balaban J connectivity index is 3.04. The molecule has 1 rings (SSSR count). The van der Waals surface area contributed by atoms with Crippen molar-refractivity contribution >= 4 is 20.1 Å². The molecule has 0 bridgehead atoms. The number of carbonyl (C=O) groups excluding carboxylic acids is 2. The van der Waals surface area contributed by atoms with Gasteiger partial charge in [0.05, 0.1) is 45.8 Å². The van der Waals surface area contributed by atoms with Crippen LogP contribution in [0.3, 0.4) is 0 Å². The van der Waals surface area contributed by atoms with Gasteiger partial charge >= 0.3 is 25.8 Å². The zero-order valence-corrected chi connectivity index (χ0v) is 27.7. The van der Waals surface area contributed by atoms with E-state index in [1.807, 2.05) is 4.98 Å². The largest absolute Gasteiger partial charge is 0.510 e. The average Bonchev–Trinajstić information content (AvgIpc) is 3.01. The minimum absolute atomic E-state index is 0.0696. The lowest BCUT2D eigenvalue weighted by Crippen LogP contribution is -2.54. The molecule has 0 aliphatic carbocycles. The summed E-state index contributed by atoms with van der Waals surface area (Å²) in [4.78, 5) is 49.3. The Morgan fingerprint density at radius 3 is 1.73 bits per heavy atom. The number of methoxy groups -OCH3 is 4. The average molecular weight is 725 g/mol. The molecular weight excluding hydrogens is 682 g/mol. The molecule has 0 saturated heterocycles. The van der Waals surface area contributed by atoms with Crippen molar-refractivity contribution in [3.8, 4) is 0 Å². The van der Waals surface area contributed by atoms with Crippen LogP contribution in [-0.2, 0) is 56.0 Å². The first-order valence-corrected chi connectivity index (χ1v) is 15.3. The summed E-state index contributed by atoms with van der Waals surface area (Å²) in [6.07, 6.45) is -8.10. The second kappa shape index (κ2) is 21.8. The summed E-state index contributed by atoms with van der Waals surface area (Å²) in [5, 5.41) is 32.2. The van der Waals surface area contributed by atoms with Crippen LogP contribution in [0.1, 0.15) is 13.2 Å². The van der Waals surface area contributed by atoms with Crippen LogP contribution in [0.2, 0.25) is 0 Å². The lowest BCUT2D eigenvalue weighted by atomic mass is 9.87. The number of H-pyrrole nitrogens is 1. The number of aliphatic hydroxyl groups excluding tert-OH is 2. The Kier molecular flexibility index (Phi) is 19.6. The Morgan fingerprint density at radius 2 is 1.33 bits per heavy atom. The molecule has 0 unspecified atom stereocenters. The van der Waals surface area contributed by atoms with Gasteiger partial charge in [0.2, 0.25) is 13.6 Å². The number of nitrogens with zero attached hydrogens (tertiary/aromatic N) is 1. The van der Waals surface area contributed by atoms with E-state index in [9.17, 15) is 43.5 Å². The molecule has 48 heavy (non-hydrogen) atoms. The number of aromatic amines is 1. The maximum Gasteiger partial charge on any atom is 0.510 e. The van der Waals surface area contributed by atoms with E-state index in [0.717, 1.165) is 19.2 Å². The number of hydrogen-bond acceptors (Lipinski definition) is 19. The highest BCUT2D eigenvalue weighted by molar-refractivity contribution is 7.48. The molecule has 0 spiro atoms. The fourth-order valence-corrected chi connectivity index (χ4v) is 4.61. The second-order valence-electron chi connectivity index (χ2n) is 9.80. The number of rotatable bonds is 24. The molecule has 0 radical (unpaired) electrons. The summed E-state index contributed by atoms with van der Waals surface area (Å²) in [6, 6.07) is 0.841. The van der Waals surface area contributed by atoms with Gasteiger partial charge in [0.1, 0.15) is 5.60 Å². The van der Waals surface area contributed by atoms with Crippen molar-refractivity contribution in [2.45, 2.75) is 37.1 Å².